The standard InChI is InChI=1S/C13H18N2.C2H6/c1-5-11-6-7-12-10(4)14-13(9(2)3)15(12)8-11;1-2/h6-9H,5H2,1-4H3;1-2H3. The topological polar surface area (TPSA) is 17.3 Å². The molecule has 0 aromatic carbocycles. The van der Waals surface area contributed by atoms with Crippen LogP contribution in [0.2, 0.25) is 0 Å². The Morgan fingerprint density at radius 3 is 2.41 bits per heavy atom. The maximum absolute atomic E-state index is 4.63. The van der Waals surface area contributed by atoms with E-state index in [9.17, 15) is 0 Å². The van der Waals surface area contributed by atoms with E-state index in [4.69, 9.17) is 0 Å². The summed E-state index contributed by atoms with van der Waals surface area (Å²) in [7, 11) is 0. The SMILES string of the molecule is CC.CCc1ccc2c(C)nc(C(C)C)n2c1. The zero-order valence-corrected chi connectivity index (χ0v) is 11.9. The molecule has 0 unspecified atom stereocenters. The molecule has 0 amide bonds. The Bertz CT molecular complexity index is 481. The number of hydrogen-bond acceptors (Lipinski definition) is 1. The van der Waals surface area contributed by atoms with Crippen LogP contribution in [0.5, 0.6) is 0 Å². The number of hydrogen-bond donors (Lipinski definition) is 0. The summed E-state index contributed by atoms with van der Waals surface area (Å²) in [6, 6.07) is 4.36. The Kier molecular flexibility index (Phi) is 4.73. The number of rotatable bonds is 2. The summed E-state index contributed by atoms with van der Waals surface area (Å²) in [6.45, 7) is 12.6. The van der Waals surface area contributed by atoms with Crippen molar-refractivity contribution in [1.82, 2.24) is 9.38 Å². The van der Waals surface area contributed by atoms with Crippen LogP contribution in [-0.2, 0) is 6.42 Å². The van der Waals surface area contributed by atoms with Crippen LogP contribution in [-0.4, -0.2) is 9.38 Å². The number of fused-ring (bicyclic) bond motifs is 1. The molecule has 0 aliphatic rings. The predicted molar refractivity (Wildman–Crippen MR) is 74.7 cm³/mol. The molecule has 2 rings (SSSR count). The van der Waals surface area contributed by atoms with E-state index < -0.39 is 0 Å². The van der Waals surface area contributed by atoms with Gasteiger partial charge in [-0.3, -0.25) is 0 Å². The van der Waals surface area contributed by atoms with Crippen LogP contribution in [0.1, 0.15) is 57.6 Å². The summed E-state index contributed by atoms with van der Waals surface area (Å²) in [5.74, 6) is 1.64. The molecule has 0 atom stereocenters. The fourth-order valence-corrected chi connectivity index (χ4v) is 1.93. The van der Waals surface area contributed by atoms with Gasteiger partial charge in [-0.25, -0.2) is 4.98 Å². The van der Waals surface area contributed by atoms with Gasteiger partial charge in [0.1, 0.15) is 5.82 Å². The normalized spacial score (nSPS) is 10.5. The first-order valence-corrected chi connectivity index (χ1v) is 6.61. The third-order valence-corrected chi connectivity index (χ3v) is 2.83. The minimum atomic E-state index is 0.471. The molecule has 2 aromatic rings. The zero-order chi connectivity index (χ0) is 13.0. The van der Waals surface area contributed by atoms with Gasteiger partial charge in [0.15, 0.2) is 0 Å². The van der Waals surface area contributed by atoms with Gasteiger partial charge in [-0.2, -0.15) is 0 Å². The summed E-state index contributed by atoms with van der Waals surface area (Å²) in [5.41, 5.74) is 3.72. The van der Waals surface area contributed by atoms with Crippen molar-refractivity contribution >= 4 is 5.52 Å². The Labute approximate surface area is 105 Å². The highest BCUT2D eigenvalue weighted by atomic mass is 15.0. The molecule has 2 nitrogen and oxygen atoms in total. The van der Waals surface area contributed by atoms with Crippen LogP contribution in [0.15, 0.2) is 18.3 Å². The van der Waals surface area contributed by atoms with Crippen molar-refractivity contribution in [3.8, 4) is 0 Å². The van der Waals surface area contributed by atoms with Crippen molar-refractivity contribution in [3.05, 3.63) is 35.4 Å². The zero-order valence-electron chi connectivity index (χ0n) is 11.9. The Hall–Kier alpha value is -1.31. The summed E-state index contributed by atoms with van der Waals surface area (Å²) in [4.78, 5) is 4.63. The van der Waals surface area contributed by atoms with Gasteiger partial charge in [0.2, 0.25) is 0 Å². The first-order chi connectivity index (χ1) is 8.13. The van der Waals surface area contributed by atoms with Crippen LogP contribution < -0.4 is 0 Å². The maximum atomic E-state index is 4.63. The Balaban J connectivity index is 0.000000686. The highest BCUT2D eigenvalue weighted by Gasteiger charge is 2.10. The highest BCUT2D eigenvalue weighted by Crippen LogP contribution is 2.19. The number of pyridine rings is 1. The molecule has 0 fully saturated rings. The van der Waals surface area contributed by atoms with E-state index in [1.165, 1.54) is 11.1 Å². The van der Waals surface area contributed by atoms with Gasteiger partial charge in [0.05, 0.1) is 11.2 Å². The van der Waals surface area contributed by atoms with Gasteiger partial charge in [0.25, 0.3) is 0 Å². The van der Waals surface area contributed by atoms with Crippen molar-refractivity contribution in [2.45, 2.75) is 53.9 Å². The molecular weight excluding hydrogens is 208 g/mol. The second kappa shape index (κ2) is 5.85. The van der Waals surface area contributed by atoms with E-state index in [1.54, 1.807) is 0 Å². The monoisotopic (exact) mass is 232 g/mol. The highest BCUT2D eigenvalue weighted by molar-refractivity contribution is 5.53. The molecule has 2 heteroatoms. The Morgan fingerprint density at radius 1 is 1.24 bits per heavy atom. The van der Waals surface area contributed by atoms with Crippen molar-refractivity contribution in [1.29, 1.82) is 0 Å². The van der Waals surface area contributed by atoms with E-state index >= 15 is 0 Å². The molecule has 2 aromatic heterocycles. The maximum Gasteiger partial charge on any atom is 0.116 e. The lowest BCUT2D eigenvalue weighted by Gasteiger charge is -2.05. The molecule has 0 saturated heterocycles. The lowest BCUT2D eigenvalue weighted by Crippen LogP contribution is -1.97. The fraction of sp³-hybridized carbons (Fsp3) is 0.533. The first kappa shape index (κ1) is 13.8. The van der Waals surface area contributed by atoms with Crippen LogP contribution >= 0.6 is 0 Å². The predicted octanol–water partition coefficient (Wildman–Crippen LogP) is 4.35. The molecule has 0 aliphatic carbocycles. The minimum absolute atomic E-state index is 0.471. The summed E-state index contributed by atoms with van der Waals surface area (Å²) in [6.07, 6.45) is 3.29. The van der Waals surface area contributed by atoms with Gasteiger partial charge < -0.3 is 4.40 Å². The molecule has 0 bridgehead atoms. The fourth-order valence-electron chi connectivity index (χ4n) is 1.93. The second-order valence-electron chi connectivity index (χ2n) is 4.36. The molecule has 94 valence electrons. The van der Waals surface area contributed by atoms with Crippen molar-refractivity contribution in [2.24, 2.45) is 0 Å². The molecule has 0 N–H and O–H groups in total. The van der Waals surface area contributed by atoms with E-state index in [-0.39, 0.29) is 0 Å². The Morgan fingerprint density at radius 2 is 1.88 bits per heavy atom. The van der Waals surface area contributed by atoms with Crippen molar-refractivity contribution in [2.75, 3.05) is 0 Å². The summed E-state index contributed by atoms with van der Waals surface area (Å²) >= 11 is 0. The van der Waals surface area contributed by atoms with E-state index in [0.717, 1.165) is 17.9 Å². The van der Waals surface area contributed by atoms with Gasteiger partial charge in [-0.15, -0.1) is 0 Å². The summed E-state index contributed by atoms with van der Waals surface area (Å²) in [5, 5.41) is 0. The average molecular weight is 232 g/mol. The second-order valence-corrected chi connectivity index (χ2v) is 4.36. The minimum Gasteiger partial charge on any atom is -0.303 e. The molecule has 0 aliphatic heterocycles. The van der Waals surface area contributed by atoms with Crippen LogP contribution in [0.25, 0.3) is 5.52 Å². The quantitative estimate of drug-likeness (QED) is 0.752. The number of imidazole rings is 1. The molecule has 2 heterocycles. The van der Waals surface area contributed by atoms with Crippen LogP contribution in [0.3, 0.4) is 0 Å². The molecule has 0 spiro atoms. The van der Waals surface area contributed by atoms with Crippen LogP contribution in [0.4, 0.5) is 0 Å². The largest absolute Gasteiger partial charge is 0.303 e. The average Bonchev–Trinajstić information content (AvgIpc) is 2.69. The van der Waals surface area contributed by atoms with Gasteiger partial charge in [-0.05, 0) is 25.0 Å². The third kappa shape index (κ3) is 2.68. The summed E-state index contributed by atoms with van der Waals surface area (Å²) < 4.78 is 2.23. The van der Waals surface area contributed by atoms with Crippen molar-refractivity contribution in [3.63, 3.8) is 0 Å². The lowest BCUT2D eigenvalue weighted by molar-refractivity contribution is 0.766. The smallest absolute Gasteiger partial charge is 0.116 e. The molecule has 17 heavy (non-hydrogen) atoms. The molecule has 0 radical (unpaired) electrons. The van der Waals surface area contributed by atoms with Gasteiger partial charge >= 0.3 is 0 Å². The number of nitrogens with zero attached hydrogens (tertiary/aromatic N) is 2. The van der Waals surface area contributed by atoms with E-state index in [1.807, 2.05) is 13.8 Å². The third-order valence-electron chi connectivity index (χ3n) is 2.83. The number of aryl methyl sites for hydroxylation is 2. The first-order valence-electron chi connectivity index (χ1n) is 6.61. The van der Waals surface area contributed by atoms with E-state index in [0.29, 0.717) is 5.92 Å². The molecular formula is C15H24N2. The van der Waals surface area contributed by atoms with Gasteiger partial charge in [0, 0.05) is 12.1 Å². The van der Waals surface area contributed by atoms with Crippen molar-refractivity contribution < 1.29 is 0 Å². The van der Waals surface area contributed by atoms with E-state index in [2.05, 4.69) is 55.4 Å². The van der Waals surface area contributed by atoms with Gasteiger partial charge in [-0.1, -0.05) is 40.7 Å². The lowest BCUT2D eigenvalue weighted by atomic mass is 10.2. The molecule has 0 saturated carbocycles. The number of aromatic nitrogens is 2. The van der Waals surface area contributed by atoms with Crippen LogP contribution in [0, 0.1) is 6.92 Å².